The smallest absolute Gasteiger partial charge is 0.253 e. The van der Waals surface area contributed by atoms with Crippen LogP contribution in [-0.4, -0.2) is 47.6 Å². The molecule has 3 atom stereocenters. The number of amides is 2. The minimum absolute atomic E-state index is 0.140. The fourth-order valence-electron chi connectivity index (χ4n) is 4.89. The van der Waals surface area contributed by atoms with E-state index >= 15 is 0 Å². The summed E-state index contributed by atoms with van der Waals surface area (Å²) >= 11 is 6.07. The van der Waals surface area contributed by atoms with Crippen LogP contribution in [0.2, 0.25) is 5.02 Å². The number of carbonyl (C=O) groups excluding carboxylic acids is 2. The van der Waals surface area contributed by atoms with E-state index in [4.69, 9.17) is 16.3 Å². The average Bonchev–Trinajstić information content (AvgIpc) is 3.36. The fourth-order valence-corrected chi connectivity index (χ4v) is 5.01. The molecule has 0 spiro atoms. The summed E-state index contributed by atoms with van der Waals surface area (Å²) < 4.78 is 5.48. The second-order valence-corrected chi connectivity index (χ2v) is 8.02. The van der Waals surface area contributed by atoms with Crippen LogP contribution in [0.1, 0.15) is 24.9 Å². The van der Waals surface area contributed by atoms with Crippen molar-refractivity contribution in [2.45, 2.75) is 25.4 Å². The lowest BCUT2D eigenvalue weighted by Gasteiger charge is -2.29. The van der Waals surface area contributed by atoms with Crippen LogP contribution in [0.25, 0.3) is 0 Å². The molecule has 0 N–H and O–H groups in total. The van der Waals surface area contributed by atoms with Gasteiger partial charge in [-0.2, -0.15) is 0 Å². The number of anilines is 1. The molecule has 29 heavy (non-hydrogen) atoms. The molecule has 150 valence electrons. The number of hydrazine groups is 1. The molecule has 3 heterocycles. The van der Waals surface area contributed by atoms with E-state index in [1.807, 2.05) is 31.2 Å². The Kier molecular flexibility index (Phi) is 4.57. The molecule has 0 bridgehead atoms. The van der Waals surface area contributed by atoms with Gasteiger partial charge in [-0.05, 0) is 55.3 Å². The lowest BCUT2D eigenvalue weighted by molar-refractivity contribution is -0.126. The van der Waals surface area contributed by atoms with E-state index in [0.29, 0.717) is 17.3 Å². The van der Waals surface area contributed by atoms with Gasteiger partial charge in [0, 0.05) is 18.1 Å². The molecule has 3 fully saturated rings. The van der Waals surface area contributed by atoms with Gasteiger partial charge in [0.05, 0.1) is 24.3 Å². The molecular formula is C22H22ClN3O3. The lowest BCUT2D eigenvalue weighted by atomic mass is 9.90. The minimum atomic E-state index is -0.447. The van der Waals surface area contributed by atoms with Crippen LogP contribution in [0.15, 0.2) is 48.5 Å². The van der Waals surface area contributed by atoms with Gasteiger partial charge in [-0.25, -0.2) is 14.9 Å². The number of ether oxygens (including phenoxy) is 1. The van der Waals surface area contributed by atoms with Crippen molar-refractivity contribution in [1.29, 1.82) is 0 Å². The molecule has 2 aromatic carbocycles. The van der Waals surface area contributed by atoms with Crippen molar-refractivity contribution in [2.75, 3.05) is 24.6 Å². The second kappa shape index (κ2) is 7.13. The summed E-state index contributed by atoms with van der Waals surface area (Å²) in [6, 6.07) is 14.2. The van der Waals surface area contributed by atoms with Crippen LogP contribution < -0.4 is 9.64 Å². The molecule has 5 rings (SSSR count). The standard InChI is InChI=1S/C22H22ClN3O3/c1-2-29-17-10-8-16(9-11-17)26-21(27)18-19(14-4-6-15(23)7-5-14)24-12-3-13-25(24)20(18)22(26)28/h4-11,18-20H,2-3,12-13H2,1H3/t18-,19-,20+/m0/s1. The third-order valence-electron chi connectivity index (χ3n) is 6.02. The van der Waals surface area contributed by atoms with Gasteiger partial charge in [-0.1, -0.05) is 23.7 Å². The molecule has 0 unspecified atom stereocenters. The summed E-state index contributed by atoms with van der Waals surface area (Å²) in [5, 5.41) is 4.95. The van der Waals surface area contributed by atoms with Crippen LogP contribution in [0.5, 0.6) is 5.75 Å². The van der Waals surface area contributed by atoms with Gasteiger partial charge < -0.3 is 4.74 Å². The highest BCUT2D eigenvalue weighted by Crippen LogP contribution is 2.49. The topological polar surface area (TPSA) is 53.1 Å². The molecule has 7 heteroatoms. The molecule has 6 nitrogen and oxygen atoms in total. The Morgan fingerprint density at radius 3 is 2.24 bits per heavy atom. The molecule has 2 aromatic rings. The van der Waals surface area contributed by atoms with E-state index in [1.165, 1.54) is 4.90 Å². The summed E-state index contributed by atoms with van der Waals surface area (Å²) in [6.45, 7) is 4.13. The molecule has 3 aliphatic rings. The van der Waals surface area contributed by atoms with Gasteiger partial charge in [0.2, 0.25) is 5.91 Å². The second-order valence-electron chi connectivity index (χ2n) is 7.59. The maximum absolute atomic E-state index is 13.5. The first-order valence-electron chi connectivity index (χ1n) is 9.99. The number of fused-ring (bicyclic) bond motifs is 3. The van der Waals surface area contributed by atoms with E-state index < -0.39 is 12.0 Å². The number of benzene rings is 2. The normalized spacial score (nSPS) is 26.8. The Labute approximate surface area is 174 Å². The number of imide groups is 1. The highest BCUT2D eigenvalue weighted by atomic mass is 35.5. The number of hydrogen-bond donors (Lipinski definition) is 0. The van der Waals surface area contributed by atoms with Crippen molar-refractivity contribution in [3.05, 3.63) is 59.1 Å². The zero-order valence-corrected chi connectivity index (χ0v) is 16.9. The molecule has 0 saturated carbocycles. The van der Waals surface area contributed by atoms with Crippen LogP contribution in [0.3, 0.4) is 0 Å². The SMILES string of the molecule is CCOc1ccc(N2C(=O)[C@@H]3[C@H](C2=O)N2CCCN2[C@H]3c2ccc(Cl)cc2)cc1. The summed E-state index contributed by atoms with van der Waals surface area (Å²) in [4.78, 5) is 28.2. The van der Waals surface area contributed by atoms with Crippen molar-refractivity contribution in [3.8, 4) is 5.75 Å². The van der Waals surface area contributed by atoms with E-state index in [-0.39, 0.29) is 17.9 Å². The van der Waals surface area contributed by atoms with E-state index in [9.17, 15) is 9.59 Å². The molecule has 3 saturated heterocycles. The van der Waals surface area contributed by atoms with Crippen LogP contribution >= 0.6 is 11.6 Å². The average molecular weight is 412 g/mol. The molecule has 3 aliphatic heterocycles. The quantitative estimate of drug-likeness (QED) is 0.723. The first-order chi connectivity index (χ1) is 14.1. The maximum atomic E-state index is 13.5. The molecule has 0 aliphatic carbocycles. The lowest BCUT2D eigenvalue weighted by Crippen LogP contribution is -2.44. The number of hydrogen-bond acceptors (Lipinski definition) is 5. The zero-order valence-electron chi connectivity index (χ0n) is 16.1. The van der Waals surface area contributed by atoms with Crippen molar-refractivity contribution in [3.63, 3.8) is 0 Å². The van der Waals surface area contributed by atoms with Gasteiger partial charge in [0.25, 0.3) is 5.91 Å². The third-order valence-corrected chi connectivity index (χ3v) is 6.28. The van der Waals surface area contributed by atoms with Gasteiger partial charge in [-0.15, -0.1) is 0 Å². The van der Waals surface area contributed by atoms with Crippen molar-refractivity contribution < 1.29 is 14.3 Å². The minimum Gasteiger partial charge on any atom is -0.494 e. The first kappa shape index (κ1) is 18.6. The predicted molar refractivity (Wildman–Crippen MR) is 110 cm³/mol. The summed E-state index contributed by atoms with van der Waals surface area (Å²) in [5.41, 5.74) is 1.61. The highest BCUT2D eigenvalue weighted by Gasteiger charge is 2.62. The van der Waals surface area contributed by atoms with Crippen LogP contribution in [0.4, 0.5) is 5.69 Å². The van der Waals surface area contributed by atoms with Gasteiger partial charge in [0.1, 0.15) is 11.8 Å². The Bertz CT molecular complexity index is 947. The van der Waals surface area contributed by atoms with Gasteiger partial charge in [0.15, 0.2) is 0 Å². The van der Waals surface area contributed by atoms with E-state index in [1.54, 1.807) is 24.3 Å². The van der Waals surface area contributed by atoms with Gasteiger partial charge in [-0.3, -0.25) is 9.59 Å². The molecule has 0 radical (unpaired) electrons. The summed E-state index contributed by atoms with van der Waals surface area (Å²) in [7, 11) is 0. The van der Waals surface area contributed by atoms with E-state index in [0.717, 1.165) is 30.8 Å². The van der Waals surface area contributed by atoms with Crippen molar-refractivity contribution in [2.24, 2.45) is 5.92 Å². The van der Waals surface area contributed by atoms with E-state index in [2.05, 4.69) is 10.0 Å². The number of rotatable bonds is 4. The molecule has 0 aromatic heterocycles. The number of carbonyl (C=O) groups is 2. The van der Waals surface area contributed by atoms with Crippen molar-refractivity contribution in [1.82, 2.24) is 10.0 Å². The fraction of sp³-hybridized carbons (Fsp3) is 0.364. The third kappa shape index (κ3) is 2.86. The maximum Gasteiger partial charge on any atom is 0.253 e. The molecular weight excluding hydrogens is 390 g/mol. The van der Waals surface area contributed by atoms with Crippen molar-refractivity contribution >= 4 is 29.1 Å². The summed E-state index contributed by atoms with van der Waals surface area (Å²) in [5.74, 6) is 0.0156. The monoisotopic (exact) mass is 411 g/mol. The van der Waals surface area contributed by atoms with Gasteiger partial charge >= 0.3 is 0 Å². The Balaban J connectivity index is 1.51. The largest absolute Gasteiger partial charge is 0.494 e. The predicted octanol–water partition coefficient (Wildman–Crippen LogP) is 3.27. The number of nitrogens with zero attached hydrogens (tertiary/aromatic N) is 3. The Morgan fingerprint density at radius 1 is 0.931 bits per heavy atom. The van der Waals surface area contributed by atoms with Crippen LogP contribution in [0, 0.1) is 5.92 Å². The number of halogens is 1. The first-order valence-corrected chi connectivity index (χ1v) is 10.4. The zero-order chi connectivity index (χ0) is 20.1. The highest BCUT2D eigenvalue weighted by molar-refractivity contribution is 6.30. The summed E-state index contributed by atoms with van der Waals surface area (Å²) in [6.07, 6.45) is 0.984. The Hall–Kier alpha value is -2.41. The van der Waals surface area contributed by atoms with Crippen LogP contribution in [-0.2, 0) is 9.59 Å². The Morgan fingerprint density at radius 2 is 1.59 bits per heavy atom. The molecule has 2 amide bonds.